The molecular weight excluding hydrogens is 311 g/mol. The van der Waals surface area contributed by atoms with Gasteiger partial charge >= 0.3 is 5.97 Å². The topological polar surface area (TPSA) is 26.3 Å². The Labute approximate surface area is 120 Å². The van der Waals surface area contributed by atoms with E-state index in [4.69, 9.17) is 4.74 Å². The first kappa shape index (κ1) is 14.3. The van der Waals surface area contributed by atoms with Gasteiger partial charge in [0.1, 0.15) is 5.82 Å². The van der Waals surface area contributed by atoms with Gasteiger partial charge in [0.2, 0.25) is 0 Å². The largest absolute Gasteiger partial charge is 0.469 e. The molecule has 0 spiro atoms. The minimum absolute atomic E-state index is 0.0911. The SMILES string of the molecule is COC(=O)C1C(C=C(Br)c2ccc(F)cc2)C1(C)C. The van der Waals surface area contributed by atoms with Crippen molar-refractivity contribution >= 4 is 26.4 Å². The van der Waals surface area contributed by atoms with E-state index in [-0.39, 0.29) is 29.0 Å². The second kappa shape index (κ2) is 5.08. The summed E-state index contributed by atoms with van der Waals surface area (Å²) in [4.78, 5) is 11.6. The summed E-state index contributed by atoms with van der Waals surface area (Å²) >= 11 is 3.49. The molecule has 1 fully saturated rings. The highest BCUT2D eigenvalue weighted by atomic mass is 79.9. The Hall–Kier alpha value is -1.16. The average Bonchev–Trinajstić information content (AvgIpc) is 2.90. The Morgan fingerprint density at radius 3 is 2.47 bits per heavy atom. The summed E-state index contributed by atoms with van der Waals surface area (Å²) in [5, 5.41) is 0. The first-order valence-electron chi connectivity index (χ1n) is 6.09. The lowest BCUT2D eigenvalue weighted by Gasteiger charge is -2.01. The second-order valence-electron chi connectivity index (χ2n) is 5.37. The molecular formula is C15H16BrFO2. The number of carbonyl (C=O) groups is 1. The quantitative estimate of drug-likeness (QED) is 0.784. The lowest BCUT2D eigenvalue weighted by atomic mass is 10.1. The van der Waals surface area contributed by atoms with Crippen LogP contribution in [0, 0.1) is 23.1 Å². The van der Waals surface area contributed by atoms with Crippen LogP contribution in [0.1, 0.15) is 19.4 Å². The number of benzene rings is 1. The lowest BCUT2D eigenvalue weighted by molar-refractivity contribution is -0.143. The number of allylic oxidation sites excluding steroid dienone is 1. The summed E-state index contributed by atoms with van der Waals surface area (Å²) in [6.07, 6.45) is 2.01. The summed E-state index contributed by atoms with van der Waals surface area (Å²) in [5.41, 5.74) is 0.805. The number of hydrogen-bond donors (Lipinski definition) is 0. The van der Waals surface area contributed by atoms with Crippen LogP contribution >= 0.6 is 15.9 Å². The van der Waals surface area contributed by atoms with E-state index in [0.717, 1.165) is 10.0 Å². The number of esters is 1. The van der Waals surface area contributed by atoms with Gasteiger partial charge in [-0.25, -0.2) is 4.39 Å². The van der Waals surface area contributed by atoms with Crippen molar-refractivity contribution in [2.75, 3.05) is 7.11 Å². The Bertz CT molecular complexity index is 519. The molecule has 4 heteroatoms. The molecule has 1 saturated carbocycles. The fourth-order valence-electron chi connectivity index (χ4n) is 2.43. The Balaban J connectivity index is 2.18. The molecule has 0 N–H and O–H groups in total. The predicted molar refractivity (Wildman–Crippen MR) is 76.1 cm³/mol. The van der Waals surface area contributed by atoms with E-state index in [0.29, 0.717) is 0 Å². The zero-order valence-corrected chi connectivity index (χ0v) is 12.7. The Kier molecular flexibility index (Phi) is 3.81. The van der Waals surface area contributed by atoms with Crippen LogP contribution in [-0.2, 0) is 9.53 Å². The highest BCUT2D eigenvalue weighted by Gasteiger charge is 2.61. The molecule has 2 atom stereocenters. The summed E-state index contributed by atoms with van der Waals surface area (Å²) in [6, 6.07) is 6.25. The highest BCUT2D eigenvalue weighted by Crippen LogP contribution is 2.60. The van der Waals surface area contributed by atoms with E-state index in [1.54, 1.807) is 12.1 Å². The molecule has 19 heavy (non-hydrogen) atoms. The number of hydrogen-bond acceptors (Lipinski definition) is 2. The van der Waals surface area contributed by atoms with Crippen molar-refractivity contribution in [1.82, 2.24) is 0 Å². The first-order valence-corrected chi connectivity index (χ1v) is 6.88. The normalized spacial score (nSPS) is 25.0. The zero-order valence-electron chi connectivity index (χ0n) is 11.1. The van der Waals surface area contributed by atoms with Gasteiger partial charge in [0.15, 0.2) is 0 Å². The average molecular weight is 327 g/mol. The van der Waals surface area contributed by atoms with Gasteiger partial charge in [-0.15, -0.1) is 0 Å². The monoisotopic (exact) mass is 326 g/mol. The molecule has 0 bridgehead atoms. The van der Waals surface area contributed by atoms with Crippen LogP contribution in [-0.4, -0.2) is 13.1 Å². The summed E-state index contributed by atoms with van der Waals surface area (Å²) in [7, 11) is 1.41. The minimum Gasteiger partial charge on any atom is -0.469 e. The van der Waals surface area contributed by atoms with Crippen molar-refractivity contribution in [1.29, 1.82) is 0 Å². The first-order chi connectivity index (χ1) is 8.87. The maximum absolute atomic E-state index is 12.9. The molecule has 102 valence electrons. The third-order valence-corrected chi connectivity index (χ3v) is 4.53. The molecule has 0 aliphatic heterocycles. The van der Waals surface area contributed by atoms with Crippen LogP contribution in [0.2, 0.25) is 0 Å². The molecule has 0 radical (unpaired) electrons. The number of rotatable bonds is 3. The summed E-state index contributed by atoms with van der Waals surface area (Å²) in [5.74, 6) is -0.404. The molecule has 2 rings (SSSR count). The predicted octanol–water partition coefficient (Wildman–Crippen LogP) is 4.01. The second-order valence-corrected chi connectivity index (χ2v) is 6.22. The Morgan fingerprint density at radius 2 is 1.95 bits per heavy atom. The number of ether oxygens (including phenoxy) is 1. The van der Waals surface area contributed by atoms with E-state index in [9.17, 15) is 9.18 Å². The molecule has 1 aliphatic rings. The van der Waals surface area contributed by atoms with Gasteiger partial charge in [-0.2, -0.15) is 0 Å². The molecule has 2 nitrogen and oxygen atoms in total. The number of halogens is 2. The van der Waals surface area contributed by atoms with E-state index >= 15 is 0 Å². The van der Waals surface area contributed by atoms with Gasteiger partial charge in [0.05, 0.1) is 13.0 Å². The van der Waals surface area contributed by atoms with Gasteiger partial charge < -0.3 is 4.74 Å². The van der Waals surface area contributed by atoms with Crippen LogP contribution < -0.4 is 0 Å². The molecule has 1 aromatic rings. The highest BCUT2D eigenvalue weighted by molar-refractivity contribution is 9.15. The third-order valence-electron chi connectivity index (χ3n) is 3.81. The van der Waals surface area contributed by atoms with Crippen LogP contribution in [0.5, 0.6) is 0 Å². The smallest absolute Gasteiger partial charge is 0.309 e. The van der Waals surface area contributed by atoms with E-state index in [1.165, 1.54) is 19.2 Å². The lowest BCUT2D eigenvalue weighted by Crippen LogP contribution is -2.07. The molecule has 0 saturated heterocycles. The van der Waals surface area contributed by atoms with Crippen LogP contribution in [0.4, 0.5) is 4.39 Å². The van der Waals surface area contributed by atoms with E-state index < -0.39 is 0 Å². The van der Waals surface area contributed by atoms with Crippen molar-refractivity contribution in [2.45, 2.75) is 13.8 Å². The maximum Gasteiger partial charge on any atom is 0.309 e. The van der Waals surface area contributed by atoms with E-state index in [1.807, 2.05) is 19.9 Å². The van der Waals surface area contributed by atoms with Gasteiger partial charge in [0, 0.05) is 4.48 Å². The van der Waals surface area contributed by atoms with Crippen LogP contribution in [0.15, 0.2) is 30.3 Å². The molecule has 1 aliphatic carbocycles. The van der Waals surface area contributed by atoms with Gasteiger partial charge in [0.25, 0.3) is 0 Å². The number of methoxy groups -OCH3 is 1. The molecule has 1 aromatic carbocycles. The van der Waals surface area contributed by atoms with Crippen molar-refractivity contribution in [3.05, 3.63) is 41.7 Å². The fourth-order valence-corrected chi connectivity index (χ4v) is 2.98. The molecule has 0 amide bonds. The Morgan fingerprint density at radius 1 is 1.37 bits per heavy atom. The minimum atomic E-state index is -0.261. The fraction of sp³-hybridized carbons (Fsp3) is 0.400. The molecule has 0 heterocycles. The standard InChI is InChI=1S/C15H16BrFO2/c1-15(2)11(13(15)14(18)19-3)8-12(16)9-4-6-10(17)7-5-9/h4-8,11,13H,1-3H3. The van der Waals surface area contributed by atoms with Gasteiger partial charge in [-0.1, -0.05) is 48.0 Å². The molecule has 0 aromatic heterocycles. The number of carbonyl (C=O) groups excluding carboxylic acids is 1. The van der Waals surface area contributed by atoms with E-state index in [2.05, 4.69) is 15.9 Å². The van der Waals surface area contributed by atoms with Crippen LogP contribution in [0.3, 0.4) is 0 Å². The molecule has 2 unspecified atom stereocenters. The van der Waals surface area contributed by atoms with Crippen molar-refractivity contribution in [2.24, 2.45) is 17.3 Å². The van der Waals surface area contributed by atoms with Crippen LogP contribution in [0.25, 0.3) is 4.48 Å². The zero-order chi connectivity index (χ0) is 14.2. The summed E-state index contributed by atoms with van der Waals surface area (Å²) in [6.45, 7) is 4.08. The van der Waals surface area contributed by atoms with Crippen molar-refractivity contribution in [3.63, 3.8) is 0 Å². The maximum atomic E-state index is 12.9. The van der Waals surface area contributed by atoms with Gasteiger partial charge in [-0.3, -0.25) is 4.79 Å². The van der Waals surface area contributed by atoms with Crippen molar-refractivity contribution < 1.29 is 13.9 Å². The van der Waals surface area contributed by atoms with Crippen molar-refractivity contribution in [3.8, 4) is 0 Å². The van der Waals surface area contributed by atoms with Gasteiger partial charge in [-0.05, 0) is 29.0 Å². The summed E-state index contributed by atoms with van der Waals surface area (Å²) < 4.78 is 18.5. The third kappa shape index (κ3) is 2.73.